The summed E-state index contributed by atoms with van der Waals surface area (Å²) in [6.45, 7) is 5.78. The summed E-state index contributed by atoms with van der Waals surface area (Å²) in [6, 6.07) is 14.4. The van der Waals surface area contributed by atoms with E-state index in [0.29, 0.717) is 12.2 Å². The van der Waals surface area contributed by atoms with E-state index in [1.165, 1.54) is 4.90 Å². The molecule has 0 bridgehead atoms. The quantitative estimate of drug-likeness (QED) is 0.376. The minimum atomic E-state index is -1.23. The van der Waals surface area contributed by atoms with Gasteiger partial charge in [0.05, 0.1) is 12.0 Å². The van der Waals surface area contributed by atoms with Crippen molar-refractivity contribution in [2.45, 2.75) is 52.6 Å². The zero-order chi connectivity index (χ0) is 23.1. The van der Waals surface area contributed by atoms with Gasteiger partial charge in [-0.1, -0.05) is 75.7 Å². The van der Waals surface area contributed by atoms with Crippen LogP contribution in [0.4, 0.5) is 0 Å². The Hall–Kier alpha value is -2.07. The van der Waals surface area contributed by atoms with Crippen LogP contribution in [0.15, 0.2) is 48.5 Å². The van der Waals surface area contributed by atoms with Crippen molar-refractivity contribution in [3.63, 3.8) is 0 Å². The van der Waals surface area contributed by atoms with Crippen LogP contribution in [0.1, 0.15) is 45.6 Å². The summed E-state index contributed by atoms with van der Waals surface area (Å²) in [6.07, 6.45) is 1.90. The first kappa shape index (κ1) is 27.2. The molecule has 3 aromatic rings. The van der Waals surface area contributed by atoms with Crippen molar-refractivity contribution < 1.29 is 14.7 Å². The number of unbranched alkanes of at least 4 members (excludes halogenated alkanes) is 1. The van der Waals surface area contributed by atoms with E-state index in [4.69, 9.17) is 0 Å². The summed E-state index contributed by atoms with van der Waals surface area (Å²) < 4.78 is 0. The average Bonchev–Trinajstić information content (AvgIpc) is 3.32. The standard InChI is InChI=1S/C24H29N5O3.Sr/c1-4-5-10-21(30)29(22(16(2)3)24(31)32)15-17-11-13-18(14-12-17)19-8-6-7-9-20(19)23-25-27-28-26-23;/h6-9,11-14,16,22H,4-5,10,15H2,1-3H3,(H2,25,26,27,28,31,32);/q;+2/p-2/t22-;/m0./s1. The second-order valence-electron chi connectivity index (χ2n) is 8.08. The van der Waals surface area contributed by atoms with Gasteiger partial charge in [0.1, 0.15) is 0 Å². The number of aromatic nitrogens is 4. The predicted octanol–water partition coefficient (Wildman–Crippen LogP) is 2.08. The topological polar surface area (TPSA) is 113 Å². The van der Waals surface area contributed by atoms with Crippen LogP contribution in [0, 0.1) is 5.92 Å². The Morgan fingerprint density at radius 3 is 2.27 bits per heavy atom. The molecule has 3 rings (SSSR count). The first-order valence-electron chi connectivity index (χ1n) is 10.8. The van der Waals surface area contributed by atoms with Gasteiger partial charge in [0, 0.05) is 18.8 Å². The van der Waals surface area contributed by atoms with Gasteiger partial charge >= 0.3 is 45.5 Å². The fourth-order valence-electron chi connectivity index (χ4n) is 3.74. The zero-order valence-electron chi connectivity index (χ0n) is 19.3. The molecule has 0 aliphatic rings. The van der Waals surface area contributed by atoms with Crippen LogP contribution in [-0.4, -0.2) is 83.8 Å². The minimum Gasteiger partial charge on any atom is -0.548 e. The van der Waals surface area contributed by atoms with Crippen LogP contribution in [0.2, 0.25) is 0 Å². The van der Waals surface area contributed by atoms with E-state index in [1.807, 2.05) is 55.5 Å². The number of rotatable bonds is 10. The van der Waals surface area contributed by atoms with Gasteiger partial charge in [0.25, 0.3) is 0 Å². The number of amides is 1. The number of carbonyl (C=O) groups is 2. The molecule has 33 heavy (non-hydrogen) atoms. The van der Waals surface area contributed by atoms with Gasteiger partial charge < -0.3 is 19.9 Å². The Kier molecular flexibility index (Phi) is 10.7. The van der Waals surface area contributed by atoms with E-state index in [1.54, 1.807) is 13.8 Å². The minimum absolute atomic E-state index is 0. The van der Waals surface area contributed by atoms with E-state index in [2.05, 4.69) is 20.6 Å². The first-order chi connectivity index (χ1) is 15.4. The summed E-state index contributed by atoms with van der Waals surface area (Å²) >= 11 is 0. The third-order valence-electron chi connectivity index (χ3n) is 5.38. The molecular formula is C24H27N5O3Sr. The maximum absolute atomic E-state index is 12.8. The molecule has 1 aromatic heterocycles. The van der Waals surface area contributed by atoms with Gasteiger partial charge in [0.2, 0.25) is 5.91 Å². The largest absolute Gasteiger partial charge is 2.00 e. The van der Waals surface area contributed by atoms with Gasteiger partial charge in [-0.2, -0.15) is 5.21 Å². The number of hydrogen-bond acceptors (Lipinski definition) is 6. The number of aliphatic carboxylic acids is 1. The van der Waals surface area contributed by atoms with Crippen molar-refractivity contribution in [1.29, 1.82) is 0 Å². The van der Waals surface area contributed by atoms with Gasteiger partial charge in [-0.25, -0.2) is 0 Å². The number of hydrogen-bond donors (Lipinski definition) is 0. The molecule has 0 fully saturated rings. The normalized spacial score (nSPS) is 11.6. The van der Waals surface area contributed by atoms with E-state index in [-0.39, 0.29) is 63.9 Å². The van der Waals surface area contributed by atoms with Crippen LogP contribution >= 0.6 is 0 Å². The second kappa shape index (κ2) is 13.0. The van der Waals surface area contributed by atoms with Crippen LogP contribution in [0.3, 0.4) is 0 Å². The number of carboxylic acids is 1. The molecule has 0 unspecified atom stereocenters. The predicted molar refractivity (Wildman–Crippen MR) is 123 cm³/mol. The van der Waals surface area contributed by atoms with Gasteiger partial charge in [0.15, 0.2) is 0 Å². The Labute approximate surface area is 231 Å². The maximum atomic E-state index is 12.8. The molecule has 0 saturated heterocycles. The van der Waals surface area contributed by atoms with E-state index in [9.17, 15) is 14.7 Å². The summed E-state index contributed by atoms with van der Waals surface area (Å²) in [5, 5.41) is 26.8. The van der Waals surface area contributed by atoms with Crippen molar-refractivity contribution in [3.05, 3.63) is 54.1 Å². The van der Waals surface area contributed by atoms with Crippen LogP contribution in [-0.2, 0) is 16.1 Å². The third kappa shape index (κ3) is 6.96. The van der Waals surface area contributed by atoms with E-state index in [0.717, 1.165) is 35.1 Å². The molecule has 168 valence electrons. The van der Waals surface area contributed by atoms with Gasteiger partial charge in [-0.15, -0.1) is 0 Å². The Morgan fingerprint density at radius 1 is 1.06 bits per heavy atom. The molecule has 0 N–H and O–H groups in total. The molecule has 0 aliphatic carbocycles. The molecule has 0 radical (unpaired) electrons. The molecule has 1 heterocycles. The fourth-order valence-corrected chi connectivity index (χ4v) is 3.74. The Bertz CT molecular complexity index is 1040. The summed E-state index contributed by atoms with van der Waals surface area (Å²) in [7, 11) is 0. The zero-order valence-corrected chi connectivity index (χ0v) is 22.7. The summed E-state index contributed by atoms with van der Waals surface area (Å²) in [5.74, 6) is -1.21. The number of benzene rings is 2. The summed E-state index contributed by atoms with van der Waals surface area (Å²) in [4.78, 5) is 26.1. The molecule has 0 aliphatic heterocycles. The number of carbonyl (C=O) groups excluding carboxylic acids is 2. The molecule has 0 spiro atoms. The smallest absolute Gasteiger partial charge is 0.548 e. The molecule has 1 amide bonds. The van der Waals surface area contributed by atoms with Crippen molar-refractivity contribution >= 4 is 57.4 Å². The Balaban J connectivity index is 0.00000385. The third-order valence-corrected chi connectivity index (χ3v) is 5.38. The van der Waals surface area contributed by atoms with Crippen LogP contribution in [0.25, 0.3) is 22.5 Å². The second-order valence-corrected chi connectivity index (χ2v) is 8.08. The van der Waals surface area contributed by atoms with Crippen LogP contribution in [0.5, 0.6) is 0 Å². The number of tetrazole rings is 1. The molecule has 8 nitrogen and oxygen atoms in total. The molecular weight excluding hydrogens is 494 g/mol. The molecule has 2 aromatic carbocycles. The maximum Gasteiger partial charge on any atom is 2.00 e. The Morgan fingerprint density at radius 2 is 1.73 bits per heavy atom. The van der Waals surface area contributed by atoms with E-state index >= 15 is 0 Å². The van der Waals surface area contributed by atoms with E-state index < -0.39 is 12.0 Å². The summed E-state index contributed by atoms with van der Waals surface area (Å²) in [5.41, 5.74) is 3.53. The van der Waals surface area contributed by atoms with Crippen molar-refractivity contribution in [3.8, 4) is 22.5 Å². The monoisotopic (exact) mass is 521 g/mol. The molecule has 0 saturated carbocycles. The SMILES string of the molecule is CCCCC(=O)N(Cc1ccc(-c2ccccc2-c2nnn[n-]2)cc1)[C@H](C(=O)[O-])C(C)C.[Sr+2]. The van der Waals surface area contributed by atoms with Crippen molar-refractivity contribution in [2.24, 2.45) is 5.92 Å². The van der Waals surface area contributed by atoms with Gasteiger partial charge in [-0.3, -0.25) is 15.1 Å². The number of carboxylic acid groups (broad SMARTS) is 1. The number of nitrogens with zero attached hydrogens (tertiary/aromatic N) is 5. The van der Waals surface area contributed by atoms with Crippen molar-refractivity contribution in [2.75, 3.05) is 0 Å². The molecule has 1 atom stereocenters. The molecule has 9 heteroatoms. The fraction of sp³-hybridized carbons (Fsp3) is 0.375. The first-order valence-corrected chi connectivity index (χ1v) is 10.8. The van der Waals surface area contributed by atoms with Crippen LogP contribution < -0.4 is 10.2 Å². The van der Waals surface area contributed by atoms with Crippen molar-refractivity contribution in [1.82, 2.24) is 25.5 Å². The average molecular weight is 521 g/mol. The van der Waals surface area contributed by atoms with Gasteiger partial charge in [-0.05, 0) is 34.6 Å².